The van der Waals surface area contributed by atoms with Crippen LogP contribution >= 0.6 is 0 Å². The highest BCUT2D eigenvalue weighted by molar-refractivity contribution is 5.89. The molecule has 0 atom stereocenters. The van der Waals surface area contributed by atoms with Crippen molar-refractivity contribution in [3.63, 3.8) is 0 Å². The van der Waals surface area contributed by atoms with Crippen LogP contribution in [-0.4, -0.2) is 23.9 Å². The molecule has 0 aliphatic rings. The van der Waals surface area contributed by atoms with Crippen LogP contribution in [0.15, 0.2) is 59.6 Å². The Hall–Kier alpha value is -3.14. The molecule has 0 saturated heterocycles. The van der Waals surface area contributed by atoms with Crippen LogP contribution in [0.5, 0.6) is 0 Å². The molecular formula is C24H26N2O2. The van der Waals surface area contributed by atoms with Crippen LogP contribution in [0.4, 0.5) is 5.69 Å². The molecule has 3 aromatic rings. The van der Waals surface area contributed by atoms with Crippen molar-refractivity contribution in [1.82, 2.24) is 4.57 Å². The molecule has 0 amide bonds. The van der Waals surface area contributed by atoms with Crippen LogP contribution in [0.25, 0.3) is 5.69 Å². The van der Waals surface area contributed by atoms with Gasteiger partial charge in [0, 0.05) is 28.9 Å². The monoisotopic (exact) mass is 374 g/mol. The summed E-state index contributed by atoms with van der Waals surface area (Å²) in [6, 6.07) is 17.9. The Balaban J connectivity index is 1.86. The summed E-state index contributed by atoms with van der Waals surface area (Å²) >= 11 is 0. The SMILES string of the molecule is COC(=O)c1ccc(-n2c(C)cc(C=Nc3ccc(C(C)C)cc3)c2C)cc1. The predicted molar refractivity (Wildman–Crippen MR) is 114 cm³/mol. The molecule has 0 N–H and O–H groups in total. The van der Waals surface area contributed by atoms with Gasteiger partial charge in [-0.1, -0.05) is 26.0 Å². The van der Waals surface area contributed by atoms with Gasteiger partial charge in [-0.05, 0) is 67.8 Å². The number of aryl methyl sites for hydroxylation is 1. The highest BCUT2D eigenvalue weighted by Gasteiger charge is 2.11. The standard InChI is InChI=1S/C24H26N2O2/c1-16(2)19-6-10-22(11-7-19)25-15-21-14-17(3)26(18(21)4)23-12-8-20(9-13-23)24(27)28-5/h6-16H,1-5H3. The van der Waals surface area contributed by atoms with Gasteiger partial charge in [0.15, 0.2) is 0 Å². The minimum absolute atomic E-state index is 0.330. The summed E-state index contributed by atoms with van der Waals surface area (Å²) < 4.78 is 6.92. The maximum Gasteiger partial charge on any atom is 0.337 e. The van der Waals surface area contributed by atoms with E-state index in [1.165, 1.54) is 12.7 Å². The molecule has 4 nitrogen and oxygen atoms in total. The maximum atomic E-state index is 11.6. The molecule has 0 aliphatic carbocycles. The average Bonchev–Trinajstić information content (AvgIpc) is 2.99. The lowest BCUT2D eigenvalue weighted by Crippen LogP contribution is -2.03. The second kappa shape index (κ2) is 8.26. The third-order valence-corrected chi connectivity index (χ3v) is 4.93. The number of hydrogen-bond donors (Lipinski definition) is 0. The Morgan fingerprint density at radius 1 is 1.04 bits per heavy atom. The normalized spacial score (nSPS) is 11.4. The van der Waals surface area contributed by atoms with Gasteiger partial charge in [0.1, 0.15) is 0 Å². The van der Waals surface area contributed by atoms with Gasteiger partial charge < -0.3 is 9.30 Å². The molecule has 0 bridgehead atoms. The molecule has 0 spiro atoms. The van der Waals surface area contributed by atoms with Gasteiger partial charge >= 0.3 is 5.97 Å². The first kappa shape index (κ1) is 19.6. The zero-order chi connectivity index (χ0) is 20.3. The van der Waals surface area contributed by atoms with Crippen molar-refractivity contribution in [1.29, 1.82) is 0 Å². The number of methoxy groups -OCH3 is 1. The minimum atomic E-state index is -0.330. The largest absolute Gasteiger partial charge is 0.465 e. The van der Waals surface area contributed by atoms with E-state index in [2.05, 4.69) is 67.6 Å². The fourth-order valence-corrected chi connectivity index (χ4v) is 3.27. The van der Waals surface area contributed by atoms with Gasteiger partial charge in [0.05, 0.1) is 18.4 Å². The average molecular weight is 374 g/mol. The molecule has 0 fully saturated rings. The van der Waals surface area contributed by atoms with Crippen LogP contribution < -0.4 is 0 Å². The smallest absolute Gasteiger partial charge is 0.337 e. The number of rotatable bonds is 5. The number of ether oxygens (including phenoxy) is 1. The van der Waals surface area contributed by atoms with Crippen LogP contribution in [0.1, 0.15) is 52.6 Å². The van der Waals surface area contributed by atoms with E-state index in [0.29, 0.717) is 11.5 Å². The zero-order valence-corrected chi connectivity index (χ0v) is 17.1. The number of esters is 1. The zero-order valence-electron chi connectivity index (χ0n) is 17.1. The van der Waals surface area contributed by atoms with Crippen molar-refractivity contribution in [2.24, 2.45) is 4.99 Å². The van der Waals surface area contributed by atoms with Gasteiger partial charge in [-0.2, -0.15) is 0 Å². The van der Waals surface area contributed by atoms with Crippen LogP contribution in [0, 0.1) is 13.8 Å². The van der Waals surface area contributed by atoms with Crippen molar-refractivity contribution in [3.05, 3.63) is 82.7 Å². The summed E-state index contributed by atoms with van der Waals surface area (Å²) in [5, 5.41) is 0. The first-order chi connectivity index (χ1) is 13.4. The Kier molecular flexibility index (Phi) is 5.78. The van der Waals surface area contributed by atoms with E-state index in [4.69, 9.17) is 4.74 Å². The number of aromatic nitrogens is 1. The lowest BCUT2D eigenvalue weighted by molar-refractivity contribution is 0.0601. The van der Waals surface area contributed by atoms with Gasteiger partial charge in [0.2, 0.25) is 0 Å². The van der Waals surface area contributed by atoms with Crippen molar-refractivity contribution >= 4 is 17.9 Å². The molecule has 0 saturated carbocycles. The van der Waals surface area contributed by atoms with Crippen molar-refractivity contribution in [2.45, 2.75) is 33.6 Å². The summed E-state index contributed by atoms with van der Waals surface area (Å²) in [5.41, 5.74) is 7.08. The number of benzene rings is 2. The third kappa shape index (κ3) is 4.06. The van der Waals surface area contributed by atoms with Crippen LogP contribution in [0.3, 0.4) is 0 Å². The van der Waals surface area contributed by atoms with E-state index >= 15 is 0 Å². The third-order valence-electron chi connectivity index (χ3n) is 4.93. The molecule has 1 heterocycles. The van der Waals surface area contributed by atoms with E-state index < -0.39 is 0 Å². The fraction of sp³-hybridized carbons (Fsp3) is 0.250. The van der Waals surface area contributed by atoms with E-state index in [9.17, 15) is 4.79 Å². The molecule has 144 valence electrons. The Morgan fingerprint density at radius 2 is 1.68 bits per heavy atom. The number of carbonyl (C=O) groups excluding carboxylic acids is 1. The van der Waals surface area contributed by atoms with Gasteiger partial charge in [-0.15, -0.1) is 0 Å². The van der Waals surface area contributed by atoms with Gasteiger partial charge in [-0.3, -0.25) is 4.99 Å². The summed E-state index contributed by atoms with van der Waals surface area (Å²) in [4.78, 5) is 16.3. The first-order valence-corrected chi connectivity index (χ1v) is 9.42. The summed E-state index contributed by atoms with van der Waals surface area (Å²) in [7, 11) is 1.39. The van der Waals surface area contributed by atoms with Crippen LogP contribution in [0.2, 0.25) is 0 Å². The Bertz CT molecular complexity index is 994. The molecule has 0 radical (unpaired) electrons. The first-order valence-electron chi connectivity index (χ1n) is 9.42. The number of carbonyl (C=O) groups is 1. The lowest BCUT2D eigenvalue weighted by atomic mass is 10.0. The molecule has 28 heavy (non-hydrogen) atoms. The Labute approximate surface area is 166 Å². The van der Waals surface area contributed by atoms with Crippen LogP contribution in [-0.2, 0) is 4.74 Å². The number of aliphatic imine (C=N–C) groups is 1. The second-order valence-electron chi connectivity index (χ2n) is 7.20. The second-order valence-corrected chi connectivity index (χ2v) is 7.20. The minimum Gasteiger partial charge on any atom is -0.465 e. The molecule has 1 aromatic heterocycles. The number of nitrogens with zero attached hydrogens (tertiary/aromatic N) is 2. The topological polar surface area (TPSA) is 43.6 Å². The summed E-state index contributed by atoms with van der Waals surface area (Å²) in [5.74, 6) is 0.186. The Morgan fingerprint density at radius 3 is 2.25 bits per heavy atom. The molecule has 0 aliphatic heterocycles. The quantitative estimate of drug-likeness (QED) is 0.421. The van der Waals surface area contributed by atoms with Gasteiger partial charge in [-0.25, -0.2) is 4.79 Å². The van der Waals surface area contributed by atoms with Crippen molar-refractivity contribution in [2.75, 3.05) is 7.11 Å². The lowest BCUT2D eigenvalue weighted by Gasteiger charge is -2.10. The highest BCUT2D eigenvalue weighted by Crippen LogP contribution is 2.22. The molecule has 4 heteroatoms. The van der Waals surface area contributed by atoms with Crippen molar-refractivity contribution < 1.29 is 9.53 Å². The van der Waals surface area contributed by atoms with E-state index in [1.54, 1.807) is 12.1 Å². The fourth-order valence-electron chi connectivity index (χ4n) is 3.27. The molecule has 3 rings (SSSR count). The maximum absolute atomic E-state index is 11.6. The highest BCUT2D eigenvalue weighted by atomic mass is 16.5. The number of hydrogen-bond acceptors (Lipinski definition) is 3. The van der Waals surface area contributed by atoms with E-state index in [-0.39, 0.29) is 5.97 Å². The van der Waals surface area contributed by atoms with Gasteiger partial charge in [0.25, 0.3) is 0 Å². The van der Waals surface area contributed by atoms with E-state index in [1.807, 2.05) is 18.3 Å². The van der Waals surface area contributed by atoms with Crippen molar-refractivity contribution in [3.8, 4) is 5.69 Å². The summed E-state index contributed by atoms with van der Waals surface area (Å²) in [6.45, 7) is 8.51. The predicted octanol–water partition coefficient (Wildman–Crippen LogP) is 5.75. The molecular weight excluding hydrogens is 348 g/mol. The summed E-state index contributed by atoms with van der Waals surface area (Å²) in [6.07, 6.45) is 1.91. The van der Waals surface area contributed by atoms with E-state index in [0.717, 1.165) is 28.3 Å². The molecule has 0 unspecified atom stereocenters. The molecule has 2 aromatic carbocycles.